The summed E-state index contributed by atoms with van der Waals surface area (Å²) in [6.07, 6.45) is 1.02. The van der Waals surface area contributed by atoms with Crippen LogP contribution in [0.25, 0.3) is 0 Å². The number of halogens is 3. The molecule has 0 aromatic heterocycles. The molecule has 0 spiro atoms. The fraction of sp³-hybridized carbons (Fsp3) is 0.312. The van der Waals surface area contributed by atoms with Gasteiger partial charge in [0.15, 0.2) is 0 Å². The first kappa shape index (κ1) is 32.8. The van der Waals surface area contributed by atoms with Crippen molar-refractivity contribution < 1.29 is 57.7 Å². The summed E-state index contributed by atoms with van der Waals surface area (Å²) in [5, 5.41) is 0. The van der Waals surface area contributed by atoms with Gasteiger partial charge in [0.2, 0.25) is 0 Å². The third kappa shape index (κ3) is 5.90. The molecule has 0 aliphatic heterocycles. The maximum absolute atomic E-state index is 2.42. The molecule has 0 radical (unpaired) electrons. The normalized spacial score (nSPS) is 13.3. The van der Waals surface area contributed by atoms with Gasteiger partial charge in [0.25, 0.3) is 0 Å². The van der Waals surface area contributed by atoms with Crippen molar-refractivity contribution in [3.63, 3.8) is 0 Å². The van der Waals surface area contributed by atoms with Gasteiger partial charge in [-0.3, -0.25) is 0 Å². The fourth-order valence-electron chi connectivity index (χ4n) is 5.90. The number of rotatable bonds is 4. The van der Waals surface area contributed by atoms with E-state index in [1.807, 2.05) is 0 Å². The first-order chi connectivity index (χ1) is 15.5. The zero-order valence-corrected chi connectivity index (χ0v) is 26.4. The monoisotopic (exact) mass is 572 g/mol. The van der Waals surface area contributed by atoms with E-state index in [1.54, 1.807) is 0 Å². The Hall–Kier alpha value is -1.28. The molecule has 3 aromatic carbocycles. The first-order valence-corrected chi connectivity index (χ1v) is 12.7. The van der Waals surface area contributed by atoms with Crippen molar-refractivity contribution in [3.05, 3.63) is 125 Å². The van der Waals surface area contributed by atoms with Crippen LogP contribution in [-0.4, -0.2) is 0 Å². The third-order valence-electron chi connectivity index (χ3n) is 7.24. The number of allylic oxidation sites excluding steroid dienone is 4. The van der Waals surface area contributed by atoms with Crippen LogP contribution in [-0.2, 0) is 25.9 Å². The third-order valence-corrected chi connectivity index (χ3v) is 8.10. The molecule has 0 nitrogen and oxygen atoms in total. The second-order valence-electron chi connectivity index (χ2n) is 10.3. The van der Waals surface area contributed by atoms with Crippen LogP contribution in [0.15, 0.2) is 75.2 Å². The van der Waals surface area contributed by atoms with E-state index in [0.29, 0.717) is 0 Å². The summed E-state index contributed by atoms with van der Waals surface area (Å²) >= 11 is 2.31. The second-order valence-corrected chi connectivity index (χ2v) is 11.2. The molecule has 188 valence electrons. The Balaban J connectivity index is 0.00000216. The van der Waals surface area contributed by atoms with Crippen LogP contribution in [0.3, 0.4) is 0 Å². The van der Waals surface area contributed by atoms with Crippen LogP contribution in [0, 0.1) is 41.5 Å². The Labute approximate surface area is 248 Å². The average molecular weight is 574 g/mol. The molecule has 3 aromatic rings. The molecular formula is C32H35Cl3Ti. The van der Waals surface area contributed by atoms with Crippen LogP contribution in [0.5, 0.6) is 0 Å². The summed E-state index contributed by atoms with van der Waals surface area (Å²) in [4.78, 5) is 0. The fourth-order valence-corrected chi connectivity index (χ4v) is 6.47. The van der Waals surface area contributed by atoms with Gasteiger partial charge in [-0.2, -0.15) is 0 Å². The molecule has 0 bridgehead atoms. The van der Waals surface area contributed by atoms with Gasteiger partial charge >= 0.3 is 213 Å². The van der Waals surface area contributed by atoms with Gasteiger partial charge in [0.05, 0.1) is 0 Å². The molecule has 1 aliphatic rings. The standard InChI is InChI=1S/C32H35.3ClH.Ti/c1-20-11-21(2)15-28(14-20)32(31-10-9-26(7)27(31)8,29-16-22(3)12-23(4)17-29)30-18-24(5)13-25(6)19-30;;;;/h11-19H,10H2,1-8H3;3*1H;/q;;;;+3/p-3. The van der Waals surface area contributed by atoms with Gasteiger partial charge in [0, 0.05) is 0 Å². The Morgan fingerprint density at radius 3 is 0.972 bits per heavy atom. The number of hydrogen-bond donors (Lipinski definition) is 0. The quantitative estimate of drug-likeness (QED) is 0.290. The van der Waals surface area contributed by atoms with E-state index in [0.717, 1.165) is 6.42 Å². The maximum atomic E-state index is 2.42. The van der Waals surface area contributed by atoms with E-state index in [9.17, 15) is 0 Å². The Kier molecular flexibility index (Phi) is 11.4. The minimum absolute atomic E-state index is 0. The van der Waals surface area contributed by atoms with E-state index in [-0.39, 0.29) is 42.6 Å². The minimum atomic E-state index is -0.326. The van der Waals surface area contributed by atoms with Crippen LogP contribution < -0.4 is 37.2 Å². The van der Waals surface area contributed by atoms with Gasteiger partial charge < -0.3 is 37.2 Å². The zero-order chi connectivity index (χ0) is 24.1. The van der Waals surface area contributed by atoms with Crippen LogP contribution >= 0.6 is 0 Å². The summed E-state index contributed by atoms with van der Waals surface area (Å²) in [5.41, 5.74) is 16.2. The SMILES string of the molecule is CC1=[C]([Ti+3])CC(C(c2cc(C)cc(C)c2)(c2cc(C)cc(C)c2)c2cc(C)cc(C)c2)=C1C.[Cl-].[Cl-].[Cl-]. The number of aryl methyl sites for hydroxylation is 6. The largest absolute Gasteiger partial charge is 1.00 e. The molecule has 0 amide bonds. The summed E-state index contributed by atoms with van der Waals surface area (Å²) in [5.74, 6) is 0. The summed E-state index contributed by atoms with van der Waals surface area (Å²) in [6.45, 7) is 18.0. The number of benzene rings is 3. The average Bonchev–Trinajstić information content (AvgIpc) is 2.94. The van der Waals surface area contributed by atoms with Gasteiger partial charge in [-0.05, 0) is 0 Å². The van der Waals surface area contributed by atoms with Crippen molar-refractivity contribution in [2.45, 2.75) is 67.2 Å². The van der Waals surface area contributed by atoms with E-state index >= 15 is 0 Å². The summed E-state index contributed by atoms with van der Waals surface area (Å²) in [7, 11) is 0. The molecular weight excluding hydrogens is 539 g/mol. The predicted octanol–water partition coefficient (Wildman–Crippen LogP) is -0.575. The van der Waals surface area contributed by atoms with E-state index in [4.69, 9.17) is 0 Å². The maximum Gasteiger partial charge on any atom is -1.00 e. The molecule has 0 fully saturated rings. The van der Waals surface area contributed by atoms with Crippen molar-refractivity contribution in [3.8, 4) is 0 Å². The van der Waals surface area contributed by atoms with Crippen molar-refractivity contribution >= 4 is 0 Å². The molecule has 0 N–H and O–H groups in total. The molecule has 1 aliphatic carbocycles. The molecule has 0 saturated heterocycles. The van der Waals surface area contributed by atoms with Crippen molar-refractivity contribution in [1.29, 1.82) is 0 Å². The van der Waals surface area contributed by atoms with Crippen LogP contribution in [0.1, 0.15) is 70.3 Å². The van der Waals surface area contributed by atoms with E-state index < -0.39 is 0 Å². The molecule has 0 heterocycles. The first-order valence-electron chi connectivity index (χ1n) is 11.9. The van der Waals surface area contributed by atoms with Gasteiger partial charge in [-0.25, -0.2) is 0 Å². The van der Waals surface area contributed by atoms with Gasteiger partial charge in [0.1, 0.15) is 0 Å². The Bertz CT molecular complexity index is 1150. The van der Waals surface area contributed by atoms with E-state index in [2.05, 4.69) is 130 Å². The molecule has 36 heavy (non-hydrogen) atoms. The summed E-state index contributed by atoms with van der Waals surface area (Å²) in [6, 6.07) is 21.4. The Morgan fingerprint density at radius 1 is 0.472 bits per heavy atom. The molecule has 4 heteroatoms. The number of hydrogen-bond acceptors (Lipinski definition) is 0. The van der Waals surface area contributed by atoms with Crippen molar-refractivity contribution in [2.24, 2.45) is 0 Å². The predicted molar refractivity (Wildman–Crippen MR) is 138 cm³/mol. The molecule has 0 saturated carbocycles. The molecule has 0 unspecified atom stereocenters. The minimum Gasteiger partial charge on any atom is -1.00 e. The van der Waals surface area contributed by atoms with Crippen molar-refractivity contribution in [2.75, 3.05) is 0 Å². The second kappa shape index (κ2) is 12.5. The molecule has 4 rings (SSSR count). The summed E-state index contributed by atoms with van der Waals surface area (Å²) < 4.78 is 1.49. The van der Waals surface area contributed by atoms with Crippen LogP contribution in [0.2, 0.25) is 0 Å². The smallest absolute Gasteiger partial charge is 1.00 e. The Morgan fingerprint density at radius 2 is 0.750 bits per heavy atom. The van der Waals surface area contributed by atoms with Gasteiger partial charge in [-0.1, -0.05) is 0 Å². The van der Waals surface area contributed by atoms with E-state index in [1.165, 1.54) is 70.7 Å². The zero-order valence-electron chi connectivity index (χ0n) is 22.5. The van der Waals surface area contributed by atoms with Crippen molar-refractivity contribution in [1.82, 2.24) is 0 Å². The molecule has 0 atom stereocenters. The van der Waals surface area contributed by atoms with Crippen LogP contribution in [0.4, 0.5) is 0 Å². The van der Waals surface area contributed by atoms with Gasteiger partial charge in [-0.15, -0.1) is 0 Å². The topological polar surface area (TPSA) is 0 Å².